The lowest BCUT2D eigenvalue weighted by Crippen LogP contribution is -2.04. The van der Waals surface area contributed by atoms with Crippen molar-refractivity contribution in [2.24, 2.45) is 5.73 Å². The molecule has 106 valence electrons. The first-order valence-corrected chi connectivity index (χ1v) is 7.93. The van der Waals surface area contributed by atoms with E-state index in [0.29, 0.717) is 13.2 Å². The van der Waals surface area contributed by atoms with Gasteiger partial charge in [-0.2, -0.15) is 0 Å². The van der Waals surface area contributed by atoms with Gasteiger partial charge in [0.1, 0.15) is 12.4 Å². The van der Waals surface area contributed by atoms with Gasteiger partial charge in [-0.05, 0) is 35.6 Å². The van der Waals surface area contributed by atoms with Crippen LogP contribution < -0.4 is 10.5 Å². The topological polar surface area (TPSA) is 35.2 Å². The maximum Gasteiger partial charge on any atom is 0.125 e. The third-order valence-corrected chi connectivity index (χ3v) is 4.14. The quantitative estimate of drug-likeness (QED) is 0.799. The summed E-state index contributed by atoms with van der Waals surface area (Å²) in [6.45, 7) is 3.13. The largest absolute Gasteiger partial charge is 0.489 e. The monoisotopic (exact) mass is 307 g/mol. The minimum absolute atomic E-state index is 0.485. The molecule has 4 heteroatoms. The maximum atomic E-state index is 5.90. The first-order chi connectivity index (χ1) is 9.74. The SMILES string of the molecule is CCSc1cccc(OCc2ccc(Cl)cc2)c1CN. The van der Waals surface area contributed by atoms with Crippen molar-refractivity contribution in [1.82, 2.24) is 0 Å². The zero-order valence-electron chi connectivity index (χ0n) is 11.4. The molecule has 2 aromatic carbocycles. The van der Waals surface area contributed by atoms with Gasteiger partial charge in [0, 0.05) is 22.0 Å². The highest BCUT2D eigenvalue weighted by atomic mass is 35.5. The van der Waals surface area contributed by atoms with E-state index in [-0.39, 0.29) is 0 Å². The van der Waals surface area contributed by atoms with Crippen LogP contribution in [0.5, 0.6) is 5.75 Å². The second-order valence-electron chi connectivity index (χ2n) is 4.29. The summed E-state index contributed by atoms with van der Waals surface area (Å²) in [6, 6.07) is 13.7. The van der Waals surface area contributed by atoms with Gasteiger partial charge in [0.2, 0.25) is 0 Å². The van der Waals surface area contributed by atoms with Crippen LogP contribution in [0.4, 0.5) is 0 Å². The van der Waals surface area contributed by atoms with Crippen LogP contribution in [0, 0.1) is 0 Å². The van der Waals surface area contributed by atoms with Crippen LogP contribution in [0.15, 0.2) is 47.4 Å². The van der Waals surface area contributed by atoms with Crippen LogP contribution in [-0.2, 0) is 13.2 Å². The first kappa shape index (κ1) is 15.2. The van der Waals surface area contributed by atoms with Crippen molar-refractivity contribution in [2.45, 2.75) is 25.0 Å². The van der Waals surface area contributed by atoms with Gasteiger partial charge in [0.25, 0.3) is 0 Å². The summed E-state index contributed by atoms with van der Waals surface area (Å²) < 4.78 is 5.90. The molecular formula is C16H18ClNOS. The highest BCUT2D eigenvalue weighted by molar-refractivity contribution is 7.99. The average molecular weight is 308 g/mol. The van der Waals surface area contributed by atoms with Crippen LogP contribution in [0.25, 0.3) is 0 Å². The zero-order valence-corrected chi connectivity index (χ0v) is 13.0. The summed E-state index contributed by atoms with van der Waals surface area (Å²) in [6.07, 6.45) is 0. The lowest BCUT2D eigenvalue weighted by molar-refractivity contribution is 0.302. The Bertz CT molecular complexity index is 557. The first-order valence-electron chi connectivity index (χ1n) is 6.56. The smallest absolute Gasteiger partial charge is 0.125 e. The Morgan fingerprint density at radius 3 is 2.55 bits per heavy atom. The van der Waals surface area contributed by atoms with Crippen molar-refractivity contribution in [3.63, 3.8) is 0 Å². The third-order valence-electron chi connectivity index (χ3n) is 2.90. The Kier molecular flexibility index (Phi) is 5.77. The number of rotatable bonds is 6. The number of ether oxygens (including phenoxy) is 1. The molecule has 0 fully saturated rings. The van der Waals surface area contributed by atoms with Gasteiger partial charge in [0.05, 0.1) is 0 Å². The number of nitrogens with two attached hydrogens (primary N) is 1. The van der Waals surface area contributed by atoms with Gasteiger partial charge >= 0.3 is 0 Å². The number of benzene rings is 2. The second-order valence-corrected chi connectivity index (χ2v) is 6.03. The summed E-state index contributed by atoms with van der Waals surface area (Å²) in [5, 5.41) is 0.734. The van der Waals surface area contributed by atoms with Gasteiger partial charge in [0.15, 0.2) is 0 Å². The van der Waals surface area contributed by atoms with E-state index >= 15 is 0 Å². The van der Waals surface area contributed by atoms with E-state index in [4.69, 9.17) is 22.1 Å². The van der Waals surface area contributed by atoms with Crippen molar-refractivity contribution < 1.29 is 4.74 Å². The number of hydrogen-bond donors (Lipinski definition) is 1. The maximum absolute atomic E-state index is 5.90. The van der Waals surface area contributed by atoms with Gasteiger partial charge in [-0.1, -0.05) is 36.7 Å². The fourth-order valence-corrected chi connectivity index (χ4v) is 2.88. The van der Waals surface area contributed by atoms with Crippen LogP contribution in [0.1, 0.15) is 18.1 Å². The van der Waals surface area contributed by atoms with E-state index in [9.17, 15) is 0 Å². The van der Waals surface area contributed by atoms with E-state index in [1.807, 2.05) is 36.4 Å². The molecule has 2 N–H and O–H groups in total. The lowest BCUT2D eigenvalue weighted by Gasteiger charge is -2.14. The summed E-state index contributed by atoms with van der Waals surface area (Å²) in [4.78, 5) is 1.20. The Balaban J connectivity index is 2.12. The van der Waals surface area contributed by atoms with E-state index in [2.05, 4.69) is 13.0 Å². The van der Waals surface area contributed by atoms with E-state index in [0.717, 1.165) is 27.7 Å². The Morgan fingerprint density at radius 1 is 1.15 bits per heavy atom. The standard InChI is InChI=1S/C16H18ClNOS/c1-2-20-16-5-3-4-15(14(16)10-18)19-11-12-6-8-13(17)9-7-12/h3-9H,2,10-11,18H2,1H3. The molecule has 0 amide bonds. The molecule has 0 spiro atoms. The fraction of sp³-hybridized carbons (Fsp3) is 0.250. The molecule has 20 heavy (non-hydrogen) atoms. The van der Waals surface area contributed by atoms with Crippen LogP contribution in [0.2, 0.25) is 5.02 Å². The summed E-state index contributed by atoms with van der Waals surface area (Å²) in [7, 11) is 0. The predicted molar refractivity (Wildman–Crippen MR) is 86.5 cm³/mol. The van der Waals surface area contributed by atoms with E-state index in [1.54, 1.807) is 11.8 Å². The third kappa shape index (κ3) is 3.92. The molecular weight excluding hydrogens is 290 g/mol. The molecule has 2 aromatic rings. The highest BCUT2D eigenvalue weighted by Crippen LogP contribution is 2.30. The summed E-state index contributed by atoms with van der Waals surface area (Å²) in [5.41, 5.74) is 8.03. The van der Waals surface area contributed by atoms with Crippen molar-refractivity contribution in [1.29, 1.82) is 0 Å². The zero-order chi connectivity index (χ0) is 14.4. The molecule has 0 heterocycles. The molecule has 0 aliphatic heterocycles. The normalized spacial score (nSPS) is 10.6. The summed E-state index contributed by atoms with van der Waals surface area (Å²) in [5.74, 6) is 1.88. The minimum atomic E-state index is 0.485. The van der Waals surface area contributed by atoms with Crippen LogP contribution in [0.3, 0.4) is 0 Å². The molecule has 0 unspecified atom stereocenters. The lowest BCUT2D eigenvalue weighted by atomic mass is 10.2. The highest BCUT2D eigenvalue weighted by Gasteiger charge is 2.08. The molecule has 0 aliphatic rings. The molecule has 2 rings (SSSR count). The van der Waals surface area contributed by atoms with Crippen LogP contribution in [-0.4, -0.2) is 5.75 Å². The van der Waals surface area contributed by atoms with Crippen molar-refractivity contribution in [2.75, 3.05) is 5.75 Å². The molecule has 2 nitrogen and oxygen atoms in total. The van der Waals surface area contributed by atoms with Crippen molar-refractivity contribution in [3.8, 4) is 5.75 Å². The van der Waals surface area contributed by atoms with Gasteiger partial charge in [-0.15, -0.1) is 11.8 Å². The molecule has 0 saturated carbocycles. The Morgan fingerprint density at radius 2 is 1.90 bits per heavy atom. The molecule has 0 atom stereocenters. The molecule has 0 radical (unpaired) electrons. The Labute approximate surface area is 129 Å². The predicted octanol–water partition coefficient (Wildman–Crippen LogP) is 4.49. The van der Waals surface area contributed by atoms with E-state index < -0.39 is 0 Å². The second kappa shape index (κ2) is 7.58. The number of thioether (sulfide) groups is 1. The Hall–Kier alpha value is -1.16. The van der Waals surface area contributed by atoms with Gasteiger partial charge in [-0.25, -0.2) is 0 Å². The molecule has 0 aliphatic carbocycles. The number of halogens is 1. The molecule has 0 bridgehead atoms. The number of hydrogen-bond acceptors (Lipinski definition) is 3. The minimum Gasteiger partial charge on any atom is -0.489 e. The van der Waals surface area contributed by atoms with Crippen LogP contribution >= 0.6 is 23.4 Å². The molecule has 0 aromatic heterocycles. The molecule has 0 saturated heterocycles. The average Bonchev–Trinajstić information content (AvgIpc) is 2.47. The van der Waals surface area contributed by atoms with Gasteiger partial charge < -0.3 is 10.5 Å². The van der Waals surface area contributed by atoms with Crippen molar-refractivity contribution in [3.05, 3.63) is 58.6 Å². The van der Waals surface area contributed by atoms with Gasteiger partial charge in [-0.3, -0.25) is 0 Å². The van der Waals surface area contributed by atoms with Crippen molar-refractivity contribution >= 4 is 23.4 Å². The summed E-state index contributed by atoms with van der Waals surface area (Å²) >= 11 is 7.66. The fourth-order valence-electron chi connectivity index (χ4n) is 1.91. The van der Waals surface area contributed by atoms with E-state index in [1.165, 1.54) is 4.90 Å².